The first-order chi connectivity index (χ1) is 12.3. The predicted octanol–water partition coefficient (Wildman–Crippen LogP) is 2.75. The second-order valence-corrected chi connectivity index (χ2v) is 7.99. The molecule has 0 bridgehead atoms. The van der Waals surface area contributed by atoms with E-state index in [1.165, 1.54) is 12.8 Å². The zero-order chi connectivity index (χ0) is 18.7. The van der Waals surface area contributed by atoms with E-state index in [4.69, 9.17) is 9.47 Å². The van der Waals surface area contributed by atoms with Gasteiger partial charge in [-0.15, -0.1) is 0 Å². The molecule has 0 saturated heterocycles. The number of rotatable bonds is 8. The van der Waals surface area contributed by atoms with E-state index >= 15 is 0 Å². The minimum absolute atomic E-state index is 0.193. The smallest absolute Gasteiger partial charge is 0.311 e. The normalized spacial score (nSPS) is 15.8. The Balaban J connectivity index is 1.60. The molecule has 2 aromatic rings. The SMILES string of the molecule is CC(C)(C)C(=O)OCc1cc2c(OCC(O)CNC3CC3)cccc2[nH]1. The van der Waals surface area contributed by atoms with E-state index in [1.54, 1.807) is 0 Å². The number of aliphatic hydroxyl groups excluding tert-OH is 1. The van der Waals surface area contributed by atoms with Gasteiger partial charge in [-0.2, -0.15) is 0 Å². The number of esters is 1. The first kappa shape index (κ1) is 18.7. The fraction of sp³-hybridized carbons (Fsp3) is 0.550. The van der Waals surface area contributed by atoms with Gasteiger partial charge >= 0.3 is 5.97 Å². The van der Waals surface area contributed by atoms with Crippen molar-refractivity contribution in [3.05, 3.63) is 30.0 Å². The van der Waals surface area contributed by atoms with Crippen LogP contribution in [0.25, 0.3) is 10.9 Å². The van der Waals surface area contributed by atoms with Gasteiger partial charge in [0.2, 0.25) is 0 Å². The Bertz CT molecular complexity index is 759. The number of aromatic amines is 1. The average Bonchev–Trinajstić information content (AvgIpc) is 3.32. The molecular formula is C20H28N2O4. The van der Waals surface area contributed by atoms with Gasteiger partial charge in [-0.25, -0.2) is 0 Å². The highest BCUT2D eigenvalue weighted by molar-refractivity contribution is 5.86. The van der Waals surface area contributed by atoms with Crippen molar-refractivity contribution in [3.8, 4) is 5.75 Å². The van der Waals surface area contributed by atoms with E-state index in [0.29, 0.717) is 18.3 Å². The molecule has 1 aliphatic rings. The summed E-state index contributed by atoms with van der Waals surface area (Å²) in [6.07, 6.45) is 1.84. The van der Waals surface area contributed by atoms with Crippen molar-refractivity contribution in [1.29, 1.82) is 0 Å². The quantitative estimate of drug-likeness (QED) is 0.631. The predicted molar refractivity (Wildman–Crippen MR) is 100 cm³/mol. The summed E-state index contributed by atoms with van der Waals surface area (Å²) >= 11 is 0. The van der Waals surface area contributed by atoms with Crippen LogP contribution in [0.15, 0.2) is 24.3 Å². The molecule has 0 radical (unpaired) electrons. The van der Waals surface area contributed by atoms with Gasteiger partial charge in [-0.05, 0) is 51.8 Å². The molecule has 1 atom stereocenters. The molecule has 6 nitrogen and oxygen atoms in total. The molecule has 26 heavy (non-hydrogen) atoms. The molecule has 0 spiro atoms. The van der Waals surface area contributed by atoms with Gasteiger partial charge in [0.05, 0.1) is 11.1 Å². The van der Waals surface area contributed by atoms with E-state index in [-0.39, 0.29) is 19.2 Å². The molecule has 142 valence electrons. The topological polar surface area (TPSA) is 83.6 Å². The van der Waals surface area contributed by atoms with Gasteiger partial charge in [-0.3, -0.25) is 4.79 Å². The largest absolute Gasteiger partial charge is 0.490 e. The van der Waals surface area contributed by atoms with Crippen LogP contribution in [0.5, 0.6) is 5.75 Å². The van der Waals surface area contributed by atoms with Gasteiger partial charge < -0.3 is 24.9 Å². The van der Waals surface area contributed by atoms with Crippen molar-refractivity contribution in [2.75, 3.05) is 13.2 Å². The second-order valence-electron chi connectivity index (χ2n) is 7.99. The zero-order valence-corrected chi connectivity index (χ0v) is 15.7. The van der Waals surface area contributed by atoms with Crippen LogP contribution >= 0.6 is 0 Å². The number of H-pyrrole nitrogens is 1. The van der Waals surface area contributed by atoms with E-state index in [2.05, 4.69) is 10.3 Å². The Kier molecular flexibility index (Phi) is 5.53. The molecule has 0 amide bonds. The van der Waals surface area contributed by atoms with Crippen LogP contribution in [0, 0.1) is 5.41 Å². The fourth-order valence-corrected chi connectivity index (χ4v) is 2.58. The Morgan fingerprint density at radius 3 is 2.85 bits per heavy atom. The highest BCUT2D eigenvalue weighted by atomic mass is 16.5. The van der Waals surface area contributed by atoms with Gasteiger partial charge in [-0.1, -0.05) is 6.07 Å². The number of carbonyl (C=O) groups is 1. The number of aliphatic hydroxyl groups is 1. The van der Waals surface area contributed by atoms with Gasteiger partial charge in [0, 0.05) is 23.5 Å². The Hall–Kier alpha value is -2.05. The minimum Gasteiger partial charge on any atom is -0.490 e. The lowest BCUT2D eigenvalue weighted by Gasteiger charge is -2.15. The average molecular weight is 360 g/mol. The number of nitrogens with one attached hydrogen (secondary N) is 2. The summed E-state index contributed by atoms with van der Waals surface area (Å²) in [6.45, 7) is 6.46. The molecule has 1 aromatic heterocycles. The first-order valence-electron chi connectivity index (χ1n) is 9.15. The maximum Gasteiger partial charge on any atom is 0.311 e. The Morgan fingerprint density at radius 2 is 2.15 bits per heavy atom. The molecule has 1 aromatic carbocycles. The van der Waals surface area contributed by atoms with Crippen LogP contribution < -0.4 is 10.1 Å². The molecule has 1 unspecified atom stereocenters. The van der Waals surface area contributed by atoms with Crippen LogP contribution in [0.2, 0.25) is 0 Å². The Labute approximate surface area is 153 Å². The van der Waals surface area contributed by atoms with Gasteiger partial charge in [0.25, 0.3) is 0 Å². The van der Waals surface area contributed by atoms with Crippen LogP contribution in [-0.4, -0.2) is 41.4 Å². The maximum atomic E-state index is 11.9. The number of benzene rings is 1. The molecule has 1 saturated carbocycles. The molecule has 3 N–H and O–H groups in total. The lowest BCUT2D eigenvalue weighted by molar-refractivity contribution is -0.154. The highest BCUT2D eigenvalue weighted by Crippen LogP contribution is 2.27. The molecule has 3 rings (SSSR count). The molecule has 1 fully saturated rings. The summed E-state index contributed by atoms with van der Waals surface area (Å²) in [4.78, 5) is 15.2. The maximum absolute atomic E-state index is 11.9. The second kappa shape index (κ2) is 7.68. The number of carbonyl (C=O) groups excluding carboxylic acids is 1. The standard InChI is InChI=1S/C20H28N2O4/c1-20(2,3)19(24)26-11-14-9-16-17(22-14)5-4-6-18(16)25-12-15(23)10-21-13-7-8-13/h4-6,9,13,15,21-23H,7-8,10-12H2,1-3H3. The monoisotopic (exact) mass is 360 g/mol. The third-order valence-corrected chi connectivity index (χ3v) is 4.30. The number of hydrogen-bond donors (Lipinski definition) is 3. The van der Waals surface area contributed by atoms with Crippen LogP contribution in [0.1, 0.15) is 39.3 Å². The number of aromatic nitrogens is 1. The Morgan fingerprint density at radius 1 is 1.38 bits per heavy atom. The van der Waals surface area contributed by atoms with Crippen LogP contribution in [0.4, 0.5) is 0 Å². The molecular weight excluding hydrogens is 332 g/mol. The van der Waals surface area contributed by atoms with Gasteiger partial charge in [0.1, 0.15) is 25.1 Å². The van der Waals surface area contributed by atoms with Crippen molar-refractivity contribution in [2.45, 2.75) is 52.4 Å². The van der Waals surface area contributed by atoms with Crippen molar-refractivity contribution in [2.24, 2.45) is 5.41 Å². The summed E-state index contributed by atoms with van der Waals surface area (Å²) < 4.78 is 11.2. The zero-order valence-electron chi connectivity index (χ0n) is 15.7. The van der Waals surface area contributed by atoms with E-state index in [9.17, 15) is 9.90 Å². The summed E-state index contributed by atoms with van der Waals surface area (Å²) in [6, 6.07) is 8.21. The van der Waals surface area contributed by atoms with Crippen molar-refractivity contribution < 1.29 is 19.4 Å². The highest BCUT2D eigenvalue weighted by Gasteiger charge is 2.23. The third kappa shape index (κ3) is 4.99. The van der Waals surface area contributed by atoms with Crippen molar-refractivity contribution >= 4 is 16.9 Å². The number of ether oxygens (including phenoxy) is 2. The summed E-state index contributed by atoms with van der Waals surface area (Å²) in [5.74, 6) is 0.469. The number of fused-ring (bicyclic) bond motifs is 1. The summed E-state index contributed by atoms with van der Waals surface area (Å²) in [5, 5.41) is 14.2. The first-order valence-corrected chi connectivity index (χ1v) is 9.15. The fourth-order valence-electron chi connectivity index (χ4n) is 2.58. The number of hydrogen-bond acceptors (Lipinski definition) is 5. The van der Waals surface area contributed by atoms with E-state index in [0.717, 1.165) is 16.6 Å². The van der Waals surface area contributed by atoms with Gasteiger partial charge in [0.15, 0.2) is 0 Å². The van der Waals surface area contributed by atoms with E-state index in [1.807, 2.05) is 45.0 Å². The van der Waals surface area contributed by atoms with Crippen LogP contribution in [0.3, 0.4) is 0 Å². The summed E-state index contributed by atoms with van der Waals surface area (Å²) in [5.41, 5.74) is 1.20. The molecule has 0 aliphatic heterocycles. The molecule has 6 heteroatoms. The van der Waals surface area contributed by atoms with E-state index < -0.39 is 11.5 Å². The lowest BCUT2D eigenvalue weighted by Crippen LogP contribution is -2.32. The van der Waals surface area contributed by atoms with Crippen molar-refractivity contribution in [1.82, 2.24) is 10.3 Å². The van der Waals surface area contributed by atoms with Crippen LogP contribution in [-0.2, 0) is 16.1 Å². The molecule has 1 heterocycles. The molecule has 1 aliphatic carbocycles. The lowest BCUT2D eigenvalue weighted by atomic mass is 9.97. The minimum atomic E-state index is -0.544. The van der Waals surface area contributed by atoms with Crippen molar-refractivity contribution in [3.63, 3.8) is 0 Å². The summed E-state index contributed by atoms with van der Waals surface area (Å²) in [7, 11) is 0. The third-order valence-electron chi connectivity index (χ3n) is 4.30.